The topological polar surface area (TPSA) is 63.3 Å². The molecule has 0 aromatic carbocycles. The highest BCUT2D eigenvalue weighted by molar-refractivity contribution is 7.11. The number of nitrogens with one attached hydrogen (secondary N) is 1. The highest BCUT2D eigenvalue weighted by Crippen LogP contribution is 2.11. The summed E-state index contributed by atoms with van der Waals surface area (Å²) in [6.07, 6.45) is 6.82. The van der Waals surface area contributed by atoms with Crippen molar-refractivity contribution in [2.24, 2.45) is 10.7 Å². The van der Waals surface area contributed by atoms with E-state index in [0.717, 1.165) is 22.9 Å². The molecule has 0 radical (unpaired) electrons. The molecule has 5 heteroatoms. The van der Waals surface area contributed by atoms with Crippen LogP contribution in [0.5, 0.6) is 0 Å². The van der Waals surface area contributed by atoms with Crippen molar-refractivity contribution < 1.29 is 0 Å². The van der Waals surface area contributed by atoms with Crippen LogP contribution >= 0.6 is 11.3 Å². The number of nitrogens with two attached hydrogens (primary N) is 1. The molecule has 1 rings (SSSR count). The zero-order valence-electron chi connectivity index (χ0n) is 10.7. The number of aromatic nitrogens is 1. The normalized spacial score (nSPS) is 11.8. The van der Waals surface area contributed by atoms with Gasteiger partial charge in [-0.25, -0.2) is 9.98 Å². The predicted octanol–water partition coefficient (Wildman–Crippen LogP) is 2.44. The number of guanidine groups is 1. The first-order valence-corrected chi connectivity index (χ1v) is 6.99. The van der Waals surface area contributed by atoms with Gasteiger partial charge in [-0.1, -0.05) is 26.2 Å². The lowest BCUT2D eigenvalue weighted by Crippen LogP contribution is -2.32. The molecule has 0 spiro atoms. The molecule has 96 valence electrons. The molecular formula is C12H22N4S. The van der Waals surface area contributed by atoms with Gasteiger partial charge in [-0.15, -0.1) is 11.3 Å². The number of hydrogen-bond acceptors (Lipinski definition) is 3. The molecule has 0 fully saturated rings. The van der Waals surface area contributed by atoms with Crippen LogP contribution in [0.15, 0.2) is 11.2 Å². The average molecular weight is 254 g/mol. The maximum absolute atomic E-state index is 5.77. The molecule has 0 aliphatic carbocycles. The van der Waals surface area contributed by atoms with Crippen molar-refractivity contribution in [1.82, 2.24) is 10.3 Å². The maximum atomic E-state index is 5.77. The molecule has 0 unspecified atom stereocenters. The molecule has 3 N–H and O–H groups in total. The Kier molecular flexibility index (Phi) is 6.62. The van der Waals surface area contributed by atoms with Crippen molar-refractivity contribution >= 4 is 17.3 Å². The van der Waals surface area contributed by atoms with Crippen LogP contribution in [0.2, 0.25) is 0 Å². The Bertz CT molecular complexity index is 346. The van der Waals surface area contributed by atoms with E-state index in [1.807, 2.05) is 13.1 Å². The van der Waals surface area contributed by atoms with Crippen LogP contribution in [-0.4, -0.2) is 17.5 Å². The second kappa shape index (κ2) is 8.06. The van der Waals surface area contributed by atoms with Gasteiger partial charge in [0.05, 0.1) is 11.6 Å². The number of nitrogens with zero attached hydrogens (tertiary/aromatic N) is 2. The van der Waals surface area contributed by atoms with Crippen molar-refractivity contribution in [3.05, 3.63) is 16.1 Å². The monoisotopic (exact) mass is 254 g/mol. The van der Waals surface area contributed by atoms with Gasteiger partial charge in [-0.05, 0) is 13.3 Å². The Morgan fingerprint density at radius 2 is 2.29 bits per heavy atom. The van der Waals surface area contributed by atoms with E-state index in [2.05, 4.69) is 22.2 Å². The lowest BCUT2D eigenvalue weighted by atomic mass is 10.2. The van der Waals surface area contributed by atoms with Crippen molar-refractivity contribution in [2.45, 2.75) is 46.1 Å². The third-order valence-electron chi connectivity index (χ3n) is 2.41. The van der Waals surface area contributed by atoms with E-state index in [1.165, 1.54) is 19.3 Å². The molecule has 0 saturated carbocycles. The number of rotatable bonds is 7. The molecule has 0 aliphatic heterocycles. The fourth-order valence-corrected chi connectivity index (χ4v) is 2.19. The third-order valence-corrected chi connectivity index (χ3v) is 3.31. The van der Waals surface area contributed by atoms with E-state index >= 15 is 0 Å². The van der Waals surface area contributed by atoms with E-state index < -0.39 is 0 Å². The van der Waals surface area contributed by atoms with Crippen LogP contribution in [0.25, 0.3) is 0 Å². The number of aliphatic imine (C=N–C) groups is 1. The third kappa shape index (κ3) is 6.26. The molecule has 4 nitrogen and oxygen atoms in total. The molecule has 1 aromatic rings. The average Bonchev–Trinajstić information content (AvgIpc) is 2.72. The van der Waals surface area contributed by atoms with E-state index in [9.17, 15) is 0 Å². The van der Waals surface area contributed by atoms with Gasteiger partial charge in [0.2, 0.25) is 0 Å². The summed E-state index contributed by atoms with van der Waals surface area (Å²) in [6, 6.07) is 0. The van der Waals surface area contributed by atoms with Gasteiger partial charge in [0.15, 0.2) is 5.96 Å². The van der Waals surface area contributed by atoms with Crippen LogP contribution < -0.4 is 11.1 Å². The zero-order chi connectivity index (χ0) is 12.5. The summed E-state index contributed by atoms with van der Waals surface area (Å²) in [5, 5.41) is 4.20. The second-order valence-electron chi connectivity index (χ2n) is 4.03. The minimum Gasteiger partial charge on any atom is -0.370 e. The first kappa shape index (κ1) is 14.0. The molecule has 1 heterocycles. The van der Waals surface area contributed by atoms with E-state index in [0.29, 0.717) is 12.5 Å². The van der Waals surface area contributed by atoms with Gasteiger partial charge < -0.3 is 11.1 Å². The largest absolute Gasteiger partial charge is 0.370 e. The summed E-state index contributed by atoms with van der Waals surface area (Å²) in [4.78, 5) is 9.61. The Hall–Kier alpha value is -1.10. The van der Waals surface area contributed by atoms with Crippen LogP contribution in [0, 0.1) is 6.92 Å². The van der Waals surface area contributed by atoms with Gasteiger partial charge in [-0.2, -0.15) is 0 Å². The molecule has 0 atom stereocenters. The molecule has 0 bridgehead atoms. The van der Waals surface area contributed by atoms with Crippen LogP contribution in [0.3, 0.4) is 0 Å². The van der Waals surface area contributed by atoms with Crippen LogP contribution in [0.4, 0.5) is 0 Å². The highest BCUT2D eigenvalue weighted by atomic mass is 32.1. The summed E-state index contributed by atoms with van der Waals surface area (Å²) in [5.74, 6) is 0.535. The number of aryl methyl sites for hydroxylation is 1. The Morgan fingerprint density at radius 3 is 2.94 bits per heavy atom. The molecule has 17 heavy (non-hydrogen) atoms. The van der Waals surface area contributed by atoms with Gasteiger partial charge in [-0.3, -0.25) is 0 Å². The van der Waals surface area contributed by atoms with Crippen LogP contribution in [0.1, 0.15) is 42.5 Å². The lowest BCUT2D eigenvalue weighted by Gasteiger charge is -2.04. The van der Waals surface area contributed by atoms with Gasteiger partial charge >= 0.3 is 0 Å². The molecule has 0 saturated heterocycles. The molecule has 0 amide bonds. The first-order valence-electron chi connectivity index (χ1n) is 6.17. The van der Waals surface area contributed by atoms with Crippen molar-refractivity contribution in [3.8, 4) is 0 Å². The highest BCUT2D eigenvalue weighted by Gasteiger charge is 1.97. The smallest absolute Gasteiger partial charge is 0.188 e. The van der Waals surface area contributed by atoms with Crippen LogP contribution in [-0.2, 0) is 6.54 Å². The fourth-order valence-electron chi connectivity index (χ4n) is 1.47. The van der Waals surface area contributed by atoms with Crippen molar-refractivity contribution in [3.63, 3.8) is 0 Å². The van der Waals surface area contributed by atoms with Gasteiger partial charge in [0.1, 0.15) is 0 Å². The predicted molar refractivity (Wildman–Crippen MR) is 74.3 cm³/mol. The maximum Gasteiger partial charge on any atom is 0.188 e. The van der Waals surface area contributed by atoms with E-state index in [1.54, 1.807) is 11.3 Å². The van der Waals surface area contributed by atoms with E-state index in [4.69, 9.17) is 5.73 Å². The Morgan fingerprint density at radius 1 is 1.47 bits per heavy atom. The summed E-state index contributed by atoms with van der Waals surface area (Å²) in [6.45, 7) is 5.74. The lowest BCUT2D eigenvalue weighted by molar-refractivity contribution is 0.652. The number of unbranched alkanes of at least 4 members (excludes halogenated alkanes) is 3. The van der Waals surface area contributed by atoms with Gasteiger partial charge in [0.25, 0.3) is 0 Å². The summed E-state index contributed by atoms with van der Waals surface area (Å²) < 4.78 is 0. The zero-order valence-corrected chi connectivity index (χ0v) is 11.5. The number of thiazole rings is 1. The Labute approximate surface area is 107 Å². The van der Waals surface area contributed by atoms with Gasteiger partial charge in [0, 0.05) is 17.6 Å². The summed E-state index contributed by atoms with van der Waals surface area (Å²) in [5.41, 5.74) is 5.77. The molecule has 1 aromatic heterocycles. The quantitative estimate of drug-likeness (QED) is 0.446. The summed E-state index contributed by atoms with van der Waals surface area (Å²) in [7, 11) is 0. The molecule has 0 aliphatic rings. The fraction of sp³-hybridized carbons (Fsp3) is 0.667. The van der Waals surface area contributed by atoms with Crippen molar-refractivity contribution in [1.29, 1.82) is 0 Å². The number of hydrogen-bond donors (Lipinski definition) is 2. The first-order chi connectivity index (χ1) is 8.22. The Balaban J connectivity index is 2.16. The minimum absolute atomic E-state index is 0.535. The minimum atomic E-state index is 0.535. The summed E-state index contributed by atoms with van der Waals surface area (Å²) >= 11 is 1.66. The van der Waals surface area contributed by atoms with E-state index in [-0.39, 0.29) is 0 Å². The second-order valence-corrected chi connectivity index (χ2v) is 5.35. The van der Waals surface area contributed by atoms with Crippen molar-refractivity contribution in [2.75, 3.05) is 6.54 Å². The SMILES string of the molecule is CCCCCCNC(N)=NCc1cnc(C)s1. The standard InChI is InChI=1S/C12H22N4S/c1-3-4-5-6-7-14-12(13)16-9-11-8-15-10(2)17-11/h8H,3-7,9H2,1-2H3,(H3,13,14,16). The molecular weight excluding hydrogens is 232 g/mol.